The van der Waals surface area contributed by atoms with E-state index in [9.17, 15) is 12.8 Å². The molecule has 1 unspecified atom stereocenters. The van der Waals surface area contributed by atoms with Gasteiger partial charge in [-0.2, -0.15) is 0 Å². The van der Waals surface area contributed by atoms with Gasteiger partial charge in [0.2, 0.25) is 0 Å². The van der Waals surface area contributed by atoms with Crippen molar-refractivity contribution >= 4 is 43.8 Å². The molecule has 232 valence electrons. The lowest BCUT2D eigenvalue weighted by Gasteiger charge is -2.30. The van der Waals surface area contributed by atoms with Crippen LogP contribution in [0.15, 0.2) is 73.3 Å². The maximum absolute atomic E-state index is 15.6. The summed E-state index contributed by atoms with van der Waals surface area (Å²) in [5, 5.41) is 7.36. The van der Waals surface area contributed by atoms with Gasteiger partial charge in [0.1, 0.15) is 41.7 Å². The van der Waals surface area contributed by atoms with E-state index >= 15 is 4.39 Å². The number of anilines is 2. The van der Waals surface area contributed by atoms with Gasteiger partial charge < -0.3 is 20.1 Å². The fourth-order valence-corrected chi connectivity index (χ4v) is 6.06. The SMILES string of the molecule is CCS(=O)(=O)CCNCCCC1(c2cc3c(Nc4ccc(OCc5cccc(F)c5)c(Cl)c4)ncnc3cc2F)CC=CO1. The largest absolute Gasteiger partial charge is 0.490 e. The van der Waals surface area contributed by atoms with Gasteiger partial charge in [0.25, 0.3) is 0 Å². The number of rotatable bonds is 14. The van der Waals surface area contributed by atoms with Crippen molar-refractivity contribution in [2.24, 2.45) is 0 Å². The van der Waals surface area contributed by atoms with E-state index in [-0.39, 0.29) is 23.9 Å². The molecule has 0 bridgehead atoms. The third kappa shape index (κ3) is 7.64. The van der Waals surface area contributed by atoms with Crippen LogP contribution >= 0.6 is 11.6 Å². The Morgan fingerprint density at radius 2 is 1.95 bits per heavy atom. The normalized spacial score (nSPS) is 16.3. The summed E-state index contributed by atoms with van der Waals surface area (Å²) in [6.45, 7) is 2.72. The first-order valence-corrected chi connectivity index (χ1v) is 16.5. The average molecular weight is 643 g/mol. The first-order valence-electron chi connectivity index (χ1n) is 14.3. The number of aromatic nitrogens is 2. The number of nitrogens with zero attached hydrogens (tertiary/aromatic N) is 2. The van der Waals surface area contributed by atoms with Crippen molar-refractivity contribution in [3.05, 3.63) is 101 Å². The minimum absolute atomic E-state index is 0.0810. The van der Waals surface area contributed by atoms with E-state index in [0.29, 0.717) is 76.7 Å². The molecule has 2 N–H and O–H groups in total. The summed E-state index contributed by atoms with van der Waals surface area (Å²) in [6.07, 6.45) is 6.46. The Labute approximate surface area is 260 Å². The van der Waals surface area contributed by atoms with Crippen LogP contribution in [-0.2, 0) is 26.8 Å². The van der Waals surface area contributed by atoms with E-state index in [1.807, 2.05) is 6.08 Å². The van der Waals surface area contributed by atoms with Crippen molar-refractivity contribution in [1.82, 2.24) is 15.3 Å². The number of halogens is 3. The number of nitrogens with one attached hydrogen (secondary N) is 2. The average Bonchev–Trinajstić information content (AvgIpc) is 3.48. The summed E-state index contributed by atoms with van der Waals surface area (Å²) in [4.78, 5) is 8.68. The molecule has 0 fully saturated rings. The highest BCUT2D eigenvalue weighted by molar-refractivity contribution is 7.91. The molecule has 1 atom stereocenters. The van der Waals surface area contributed by atoms with E-state index in [2.05, 4.69) is 20.6 Å². The molecule has 4 aromatic rings. The Kier molecular flexibility index (Phi) is 9.97. The molecular formula is C32H33ClF2N4O4S. The third-order valence-electron chi connectivity index (χ3n) is 7.49. The van der Waals surface area contributed by atoms with Crippen LogP contribution in [0.5, 0.6) is 5.75 Å². The molecule has 0 saturated carbocycles. The second kappa shape index (κ2) is 13.9. The first kappa shape index (κ1) is 31.6. The lowest BCUT2D eigenvalue weighted by molar-refractivity contribution is 0.0273. The molecule has 1 aliphatic heterocycles. The van der Waals surface area contributed by atoms with Gasteiger partial charge in [-0.1, -0.05) is 30.7 Å². The maximum Gasteiger partial charge on any atom is 0.151 e. The van der Waals surface area contributed by atoms with Crippen molar-refractivity contribution in [2.75, 3.05) is 29.9 Å². The molecule has 8 nitrogen and oxygen atoms in total. The Morgan fingerprint density at radius 1 is 1.09 bits per heavy atom. The zero-order valence-corrected chi connectivity index (χ0v) is 25.7. The summed E-state index contributed by atoms with van der Waals surface area (Å²) in [6, 6.07) is 14.4. The van der Waals surface area contributed by atoms with Gasteiger partial charge in [0, 0.05) is 41.4 Å². The van der Waals surface area contributed by atoms with E-state index in [1.165, 1.54) is 24.5 Å². The summed E-state index contributed by atoms with van der Waals surface area (Å²) >= 11 is 6.49. The molecule has 1 aliphatic rings. The number of benzene rings is 3. The first-order chi connectivity index (χ1) is 21.2. The molecule has 44 heavy (non-hydrogen) atoms. The molecule has 3 aromatic carbocycles. The molecule has 0 saturated heterocycles. The quantitative estimate of drug-likeness (QED) is 0.145. The smallest absolute Gasteiger partial charge is 0.151 e. The molecule has 2 heterocycles. The van der Waals surface area contributed by atoms with Crippen LogP contribution in [0, 0.1) is 11.6 Å². The van der Waals surface area contributed by atoms with Gasteiger partial charge in [-0.15, -0.1) is 0 Å². The molecular weight excluding hydrogens is 610 g/mol. The molecule has 0 spiro atoms. The zero-order valence-electron chi connectivity index (χ0n) is 24.2. The second-order valence-corrected chi connectivity index (χ2v) is 13.4. The van der Waals surface area contributed by atoms with Crippen molar-refractivity contribution in [1.29, 1.82) is 0 Å². The third-order valence-corrected chi connectivity index (χ3v) is 9.50. The molecule has 0 amide bonds. The summed E-state index contributed by atoms with van der Waals surface area (Å²) in [7, 11) is -3.04. The molecule has 1 aromatic heterocycles. The van der Waals surface area contributed by atoms with E-state index in [4.69, 9.17) is 21.1 Å². The minimum atomic E-state index is -3.04. The van der Waals surface area contributed by atoms with Gasteiger partial charge >= 0.3 is 0 Å². The number of hydrogen-bond donors (Lipinski definition) is 2. The van der Waals surface area contributed by atoms with Gasteiger partial charge in [0.15, 0.2) is 9.84 Å². The monoisotopic (exact) mass is 642 g/mol. The van der Waals surface area contributed by atoms with Crippen LogP contribution in [0.1, 0.15) is 37.3 Å². The molecule has 12 heteroatoms. The predicted octanol–water partition coefficient (Wildman–Crippen LogP) is 6.82. The summed E-state index contributed by atoms with van der Waals surface area (Å²) < 4.78 is 64.3. The number of hydrogen-bond acceptors (Lipinski definition) is 8. The molecule has 0 aliphatic carbocycles. The highest BCUT2D eigenvalue weighted by Gasteiger charge is 2.38. The van der Waals surface area contributed by atoms with Crippen LogP contribution in [0.25, 0.3) is 10.9 Å². The zero-order chi connectivity index (χ0) is 31.2. The van der Waals surface area contributed by atoms with Crippen molar-refractivity contribution in [3.63, 3.8) is 0 Å². The van der Waals surface area contributed by atoms with Crippen LogP contribution in [0.2, 0.25) is 5.02 Å². The Hall–Kier alpha value is -3.80. The van der Waals surface area contributed by atoms with Crippen LogP contribution in [0.3, 0.4) is 0 Å². The standard InChI is InChI=1S/C32H33ClF2N4O4S/c1-2-44(40,41)15-13-36-12-4-10-32(11-5-14-43-32)26-18-25-29(19-28(26)35)37-21-38-31(25)39-24-8-9-30(27(33)17-24)42-20-22-6-3-7-23(34)16-22/h3,5-9,14,16-19,21,36H,2,4,10-13,15,20H2,1H3,(H,37,38,39). The fourth-order valence-electron chi connectivity index (χ4n) is 5.08. The fraction of sp³-hybridized carbons (Fsp3) is 0.312. The molecule has 5 rings (SSSR count). The Morgan fingerprint density at radius 3 is 2.70 bits per heavy atom. The van der Waals surface area contributed by atoms with Gasteiger partial charge in [-0.05, 0) is 67.4 Å². The Bertz CT molecular complexity index is 1760. The second-order valence-electron chi connectivity index (χ2n) is 10.5. The van der Waals surface area contributed by atoms with E-state index < -0.39 is 21.3 Å². The van der Waals surface area contributed by atoms with E-state index in [0.717, 1.165) is 0 Å². The molecule has 0 radical (unpaired) electrons. The Balaban J connectivity index is 1.31. The number of fused-ring (bicyclic) bond motifs is 1. The summed E-state index contributed by atoms with van der Waals surface area (Å²) in [5.41, 5.74) is 1.21. The summed E-state index contributed by atoms with van der Waals surface area (Å²) in [5.74, 6) is 0.318. The van der Waals surface area contributed by atoms with Gasteiger partial charge in [-0.25, -0.2) is 27.2 Å². The van der Waals surface area contributed by atoms with Crippen LogP contribution in [0.4, 0.5) is 20.3 Å². The predicted molar refractivity (Wildman–Crippen MR) is 168 cm³/mol. The van der Waals surface area contributed by atoms with Crippen molar-refractivity contribution < 1.29 is 26.7 Å². The highest BCUT2D eigenvalue weighted by atomic mass is 35.5. The lowest BCUT2D eigenvalue weighted by atomic mass is 9.85. The van der Waals surface area contributed by atoms with Crippen molar-refractivity contribution in [2.45, 2.75) is 38.4 Å². The van der Waals surface area contributed by atoms with Gasteiger partial charge in [-0.3, -0.25) is 0 Å². The number of ether oxygens (including phenoxy) is 2. The number of sulfone groups is 1. The van der Waals surface area contributed by atoms with Crippen LogP contribution in [-0.4, -0.2) is 43.0 Å². The lowest BCUT2D eigenvalue weighted by Crippen LogP contribution is -2.29. The van der Waals surface area contributed by atoms with Gasteiger partial charge in [0.05, 0.1) is 22.6 Å². The minimum Gasteiger partial charge on any atom is -0.490 e. The topological polar surface area (TPSA) is 102 Å². The maximum atomic E-state index is 15.6. The van der Waals surface area contributed by atoms with Crippen molar-refractivity contribution in [3.8, 4) is 5.75 Å². The van der Waals surface area contributed by atoms with Crippen LogP contribution < -0.4 is 15.4 Å². The van der Waals surface area contributed by atoms with E-state index in [1.54, 1.807) is 49.6 Å². The highest BCUT2D eigenvalue weighted by Crippen LogP contribution is 2.42.